The van der Waals surface area contributed by atoms with E-state index in [0.29, 0.717) is 6.04 Å². The Bertz CT molecular complexity index is 373. The Balaban J connectivity index is 1.93. The van der Waals surface area contributed by atoms with Gasteiger partial charge in [-0.1, -0.05) is 26.7 Å². The number of anilines is 1. The molecule has 1 aliphatic rings. The first-order valence-electron chi connectivity index (χ1n) is 7.35. The summed E-state index contributed by atoms with van der Waals surface area (Å²) in [6.07, 6.45) is 8.60. The van der Waals surface area contributed by atoms with Gasteiger partial charge in [-0.15, -0.1) is 0 Å². The number of hydrogen-bond acceptors (Lipinski definition) is 2. The molecule has 0 radical (unpaired) electrons. The molecule has 0 amide bonds. The van der Waals surface area contributed by atoms with Gasteiger partial charge in [-0.05, 0) is 50.2 Å². The predicted octanol–water partition coefficient (Wildman–Crippen LogP) is 4.41. The second kappa shape index (κ2) is 6.21. The SMILES string of the molecule is Cc1ncccc1NC1CCCC(C(C)C)CC1. The predicted molar refractivity (Wildman–Crippen MR) is 77.8 cm³/mol. The van der Waals surface area contributed by atoms with Gasteiger partial charge >= 0.3 is 0 Å². The van der Waals surface area contributed by atoms with Crippen LogP contribution in [0.4, 0.5) is 5.69 Å². The molecule has 0 aromatic carbocycles. The smallest absolute Gasteiger partial charge is 0.0603 e. The van der Waals surface area contributed by atoms with Crippen LogP contribution in [0.1, 0.15) is 51.6 Å². The Morgan fingerprint density at radius 1 is 1.22 bits per heavy atom. The molecule has 2 atom stereocenters. The van der Waals surface area contributed by atoms with Crippen LogP contribution in [0.2, 0.25) is 0 Å². The van der Waals surface area contributed by atoms with E-state index in [1.807, 2.05) is 12.3 Å². The van der Waals surface area contributed by atoms with Gasteiger partial charge < -0.3 is 5.32 Å². The Morgan fingerprint density at radius 3 is 2.78 bits per heavy atom. The molecule has 1 saturated carbocycles. The van der Waals surface area contributed by atoms with Crippen LogP contribution in [0, 0.1) is 18.8 Å². The number of aryl methyl sites for hydroxylation is 1. The molecule has 1 N–H and O–H groups in total. The fourth-order valence-electron chi connectivity index (χ4n) is 3.00. The first-order chi connectivity index (χ1) is 8.66. The lowest BCUT2D eigenvalue weighted by atomic mass is 9.89. The van der Waals surface area contributed by atoms with Gasteiger partial charge in [-0.2, -0.15) is 0 Å². The maximum Gasteiger partial charge on any atom is 0.0603 e. The van der Waals surface area contributed by atoms with Crippen molar-refractivity contribution < 1.29 is 0 Å². The topological polar surface area (TPSA) is 24.9 Å². The van der Waals surface area contributed by atoms with Crippen molar-refractivity contribution in [3.63, 3.8) is 0 Å². The highest BCUT2D eigenvalue weighted by molar-refractivity contribution is 5.47. The summed E-state index contributed by atoms with van der Waals surface area (Å²) in [7, 11) is 0. The summed E-state index contributed by atoms with van der Waals surface area (Å²) in [4.78, 5) is 4.35. The third-order valence-electron chi connectivity index (χ3n) is 4.32. The fraction of sp³-hybridized carbons (Fsp3) is 0.688. The van der Waals surface area contributed by atoms with Gasteiger partial charge in [0.25, 0.3) is 0 Å². The van der Waals surface area contributed by atoms with Gasteiger partial charge in [0.05, 0.1) is 11.4 Å². The maximum absolute atomic E-state index is 4.35. The molecular weight excluding hydrogens is 220 g/mol. The first kappa shape index (κ1) is 13.4. The third-order valence-corrected chi connectivity index (χ3v) is 4.32. The lowest BCUT2D eigenvalue weighted by Gasteiger charge is -2.20. The van der Waals surface area contributed by atoms with Crippen molar-refractivity contribution in [2.45, 2.75) is 58.9 Å². The van der Waals surface area contributed by atoms with Crippen LogP contribution in [0.5, 0.6) is 0 Å². The van der Waals surface area contributed by atoms with E-state index in [-0.39, 0.29) is 0 Å². The molecular formula is C16H26N2. The molecule has 1 aromatic heterocycles. The second-order valence-corrected chi connectivity index (χ2v) is 5.99. The minimum Gasteiger partial charge on any atom is -0.381 e. The van der Waals surface area contributed by atoms with Crippen LogP contribution in [0.25, 0.3) is 0 Å². The summed E-state index contributed by atoms with van der Waals surface area (Å²) in [6, 6.07) is 4.80. The normalized spacial score (nSPS) is 24.9. The minimum absolute atomic E-state index is 0.636. The van der Waals surface area contributed by atoms with Crippen LogP contribution in [0.3, 0.4) is 0 Å². The first-order valence-corrected chi connectivity index (χ1v) is 7.35. The van der Waals surface area contributed by atoms with Gasteiger partial charge in [0, 0.05) is 12.2 Å². The summed E-state index contributed by atoms with van der Waals surface area (Å²) in [6.45, 7) is 6.81. The Morgan fingerprint density at radius 2 is 2.06 bits per heavy atom. The standard InChI is InChI=1S/C16H26N2/c1-12(2)14-6-4-7-15(10-9-14)18-16-8-5-11-17-13(16)3/h5,8,11-12,14-15,18H,4,6-7,9-10H2,1-3H3. The molecule has 0 bridgehead atoms. The van der Waals surface area contributed by atoms with E-state index in [2.05, 4.69) is 37.1 Å². The fourth-order valence-corrected chi connectivity index (χ4v) is 3.00. The lowest BCUT2D eigenvalue weighted by molar-refractivity contribution is 0.341. The van der Waals surface area contributed by atoms with Crippen LogP contribution < -0.4 is 5.32 Å². The van der Waals surface area contributed by atoms with Crippen molar-refractivity contribution in [3.05, 3.63) is 24.0 Å². The monoisotopic (exact) mass is 246 g/mol. The molecule has 2 unspecified atom stereocenters. The van der Waals surface area contributed by atoms with E-state index in [1.54, 1.807) is 0 Å². The van der Waals surface area contributed by atoms with Crippen molar-refractivity contribution in [3.8, 4) is 0 Å². The quantitative estimate of drug-likeness (QED) is 0.799. The van der Waals surface area contributed by atoms with Crippen molar-refractivity contribution >= 4 is 5.69 Å². The molecule has 1 fully saturated rings. The van der Waals surface area contributed by atoms with Gasteiger partial charge in [0.2, 0.25) is 0 Å². The lowest BCUT2D eigenvalue weighted by Crippen LogP contribution is -2.19. The summed E-state index contributed by atoms with van der Waals surface area (Å²) in [5.41, 5.74) is 2.33. The molecule has 2 heteroatoms. The third kappa shape index (κ3) is 3.47. The molecule has 0 saturated heterocycles. The van der Waals surface area contributed by atoms with Crippen molar-refractivity contribution in [2.24, 2.45) is 11.8 Å². The number of rotatable bonds is 3. The molecule has 2 rings (SSSR count). The Hall–Kier alpha value is -1.05. The molecule has 2 nitrogen and oxygen atoms in total. The van der Waals surface area contributed by atoms with Crippen molar-refractivity contribution in [2.75, 3.05) is 5.32 Å². The van der Waals surface area contributed by atoms with E-state index in [9.17, 15) is 0 Å². The van der Waals surface area contributed by atoms with E-state index >= 15 is 0 Å². The van der Waals surface area contributed by atoms with E-state index in [1.165, 1.54) is 37.8 Å². The highest BCUT2D eigenvalue weighted by atomic mass is 14.9. The molecule has 1 heterocycles. The van der Waals surface area contributed by atoms with E-state index in [0.717, 1.165) is 17.5 Å². The van der Waals surface area contributed by atoms with Gasteiger partial charge in [-0.25, -0.2) is 0 Å². The highest BCUT2D eigenvalue weighted by Crippen LogP contribution is 2.30. The number of aromatic nitrogens is 1. The van der Waals surface area contributed by atoms with E-state index in [4.69, 9.17) is 0 Å². The molecule has 0 spiro atoms. The van der Waals surface area contributed by atoms with Crippen LogP contribution in [-0.4, -0.2) is 11.0 Å². The Kier molecular flexibility index (Phi) is 4.62. The largest absolute Gasteiger partial charge is 0.381 e. The van der Waals surface area contributed by atoms with Crippen LogP contribution >= 0.6 is 0 Å². The number of nitrogens with zero attached hydrogens (tertiary/aromatic N) is 1. The molecule has 0 aliphatic heterocycles. The van der Waals surface area contributed by atoms with Gasteiger partial charge in [0.1, 0.15) is 0 Å². The van der Waals surface area contributed by atoms with E-state index < -0.39 is 0 Å². The van der Waals surface area contributed by atoms with Crippen LogP contribution in [-0.2, 0) is 0 Å². The maximum atomic E-state index is 4.35. The summed E-state index contributed by atoms with van der Waals surface area (Å²) >= 11 is 0. The average Bonchev–Trinajstić information content (AvgIpc) is 2.58. The second-order valence-electron chi connectivity index (χ2n) is 5.99. The van der Waals surface area contributed by atoms with Gasteiger partial charge in [-0.3, -0.25) is 4.98 Å². The summed E-state index contributed by atoms with van der Waals surface area (Å²) < 4.78 is 0. The zero-order valence-corrected chi connectivity index (χ0v) is 11.9. The average molecular weight is 246 g/mol. The van der Waals surface area contributed by atoms with Crippen molar-refractivity contribution in [1.82, 2.24) is 4.98 Å². The van der Waals surface area contributed by atoms with Crippen molar-refractivity contribution in [1.29, 1.82) is 0 Å². The van der Waals surface area contributed by atoms with Gasteiger partial charge in [0.15, 0.2) is 0 Å². The summed E-state index contributed by atoms with van der Waals surface area (Å²) in [5.74, 6) is 1.76. The molecule has 1 aromatic rings. The number of nitrogens with one attached hydrogen (secondary N) is 1. The number of hydrogen-bond donors (Lipinski definition) is 1. The van der Waals surface area contributed by atoms with Crippen LogP contribution in [0.15, 0.2) is 18.3 Å². The number of pyridine rings is 1. The molecule has 100 valence electrons. The minimum atomic E-state index is 0.636. The highest BCUT2D eigenvalue weighted by Gasteiger charge is 2.21. The zero-order valence-electron chi connectivity index (χ0n) is 11.9. The molecule has 18 heavy (non-hydrogen) atoms. The summed E-state index contributed by atoms with van der Waals surface area (Å²) in [5, 5.41) is 3.69. The Labute approximate surface area is 111 Å². The molecule has 1 aliphatic carbocycles. The zero-order chi connectivity index (χ0) is 13.0.